The van der Waals surface area contributed by atoms with Crippen LogP contribution in [0.3, 0.4) is 0 Å². The molecule has 1 saturated heterocycles. The van der Waals surface area contributed by atoms with Crippen LogP contribution in [0, 0.1) is 23.1 Å². The van der Waals surface area contributed by atoms with Gasteiger partial charge >= 0.3 is 0 Å². The molecule has 0 atom stereocenters. The van der Waals surface area contributed by atoms with Gasteiger partial charge in [-0.1, -0.05) is 43.2 Å². The Kier molecular flexibility index (Phi) is 6.76. The molecular weight excluding hydrogens is 405 g/mol. The number of aliphatic hydroxyl groups is 1. The molecule has 1 saturated carbocycles. The highest BCUT2D eigenvalue weighted by Crippen LogP contribution is 2.33. The Bertz CT molecular complexity index is 974. The van der Waals surface area contributed by atoms with E-state index in [-0.39, 0.29) is 11.8 Å². The Morgan fingerprint density at radius 3 is 2.50 bits per heavy atom. The van der Waals surface area contributed by atoms with Crippen molar-refractivity contribution < 1.29 is 14.3 Å². The second kappa shape index (κ2) is 9.70. The minimum Gasteiger partial charge on any atom is -0.388 e. The number of hydrogen-bond acceptors (Lipinski definition) is 4. The van der Waals surface area contributed by atoms with Gasteiger partial charge < -0.3 is 14.9 Å². The zero-order chi connectivity index (χ0) is 22.6. The summed E-state index contributed by atoms with van der Waals surface area (Å²) in [6.45, 7) is 2.15. The summed E-state index contributed by atoms with van der Waals surface area (Å²) in [5.41, 5.74) is 1.32. The summed E-state index contributed by atoms with van der Waals surface area (Å²) < 4.78 is 13.5. The van der Waals surface area contributed by atoms with Crippen molar-refractivity contribution in [3.8, 4) is 6.07 Å². The van der Waals surface area contributed by atoms with Crippen molar-refractivity contribution in [1.29, 1.82) is 5.26 Å². The van der Waals surface area contributed by atoms with Gasteiger partial charge in [-0.05, 0) is 49.4 Å². The zero-order valence-corrected chi connectivity index (χ0v) is 18.3. The molecule has 168 valence electrons. The Morgan fingerprint density at radius 1 is 1.16 bits per heavy atom. The number of amides is 1. The number of halogens is 1. The molecule has 0 bridgehead atoms. The van der Waals surface area contributed by atoms with Crippen LogP contribution in [0.25, 0.3) is 0 Å². The van der Waals surface area contributed by atoms with E-state index >= 15 is 0 Å². The molecule has 5 nitrogen and oxygen atoms in total. The van der Waals surface area contributed by atoms with Crippen molar-refractivity contribution in [3.63, 3.8) is 0 Å². The van der Waals surface area contributed by atoms with Crippen molar-refractivity contribution in [2.75, 3.05) is 24.5 Å². The van der Waals surface area contributed by atoms with E-state index < -0.39 is 11.4 Å². The maximum absolute atomic E-state index is 13.5. The lowest BCUT2D eigenvalue weighted by molar-refractivity contribution is -0.140. The SMILES string of the molecule is N#Cc1cc(F)ccc1N1CCC(C(=O)N(Cc2ccccc2)CC2(O)CCCC2)CC1. The van der Waals surface area contributed by atoms with Gasteiger partial charge in [0.2, 0.25) is 5.91 Å². The van der Waals surface area contributed by atoms with Crippen molar-refractivity contribution in [2.45, 2.75) is 50.7 Å². The zero-order valence-electron chi connectivity index (χ0n) is 18.3. The molecule has 2 aromatic carbocycles. The third-order valence-electron chi connectivity index (χ3n) is 6.81. The van der Waals surface area contributed by atoms with E-state index in [0.717, 1.165) is 36.9 Å². The second-order valence-electron chi connectivity index (χ2n) is 9.15. The highest BCUT2D eigenvalue weighted by molar-refractivity contribution is 5.79. The van der Waals surface area contributed by atoms with Crippen LogP contribution >= 0.6 is 0 Å². The van der Waals surface area contributed by atoms with E-state index in [9.17, 15) is 19.6 Å². The minimum absolute atomic E-state index is 0.0911. The molecule has 1 N–H and O–H groups in total. The number of benzene rings is 2. The molecule has 1 amide bonds. The standard InChI is InChI=1S/C26H30FN3O2/c27-23-8-9-24(22(16-23)17-28)29-14-10-21(11-15-29)25(31)30(18-20-6-2-1-3-7-20)19-26(32)12-4-5-13-26/h1-3,6-9,16,21,32H,4-5,10-15,18-19H2. The molecule has 1 aliphatic heterocycles. The van der Waals surface area contributed by atoms with Crippen molar-refractivity contribution in [2.24, 2.45) is 5.92 Å². The summed E-state index contributed by atoms with van der Waals surface area (Å²) >= 11 is 0. The van der Waals surface area contributed by atoms with Crippen LogP contribution in [0.1, 0.15) is 49.7 Å². The summed E-state index contributed by atoms with van der Waals surface area (Å²) in [5, 5.41) is 20.4. The lowest BCUT2D eigenvalue weighted by Crippen LogP contribution is -2.48. The fourth-order valence-corrected chi connectivity index (χ4v) is 5.06. The average molecular weight is 436 g/mol. The highest BCUT2D eigenvalue weighted by Gasteiger charge is 2.37. The fraction of sp³-hybridized carbons (Fsp3) is 0.462. The van der Waals surface area contributed by atoms with Gasteiger partial charge in [0.25, 0.3) is 0 Å². The number of nitriles is 1. The monoisotopic (exact) mass is 435 g/mol. The Labute approximate surface area is 189 Å². The van der Waals surface area contributed by atoms with E-state index in [0.29, 0.717) is 44.6 Å². The van der Waals surface area contributed by atoms with E-state index in [2.05, 4.69) is 11.0 Å². The molecule has 2 fully saturated rings. The van der Waals surface area contributed by atoms with Gasteiger partial charge in [-0.15, -0.1) is 0 Å². The van der Waals surface area contributed by atoms with Gasteiger partial charge in [0, 0.05) is 32.1 Å². The first-order valence-corrected chi connectivity index (χ1v) is 11.5. The van der Waals surface area contributed by atoms with Crippen LogP contribution in [0.5, 0.6) is 0 Å². The minimum atomic E-state index is -0.791. The van der Waals surface area contributed by atoms with Crippen LogP contribution in [-0.4, -0.2) is 41.1 Å². The van der Waals surface area contributed by atoms with Gasteiger partial charge in [-0.2, -0.15) is 5.26 Å². The summed E-state index contributed by atoms with van der Waals surface area (Å²) in [6, 6.07) is 16.3. The molecule has 32 heavy (non-hydrogen) atoms. The number of rotatable bonds is 6. The largest absolute Gasteiger partial charge is 0.388 e. The summed E-state index contributed by atoms with van der Waals surface area (Å²) in [5.74, 6) is -0.448. The molecule has 0 radical (unpaired) electrons. The van der Waals surface area contributed by atoms with Crippen LogP contribution in [0.15, 0.2) is 48.5 Å². The summed E-state index contributed by atoms with van der Waals surface area (Å²) in [4.78, 5) is 17.4. The van der Waals surface area contributed by atoms with Gasteiger partial charge in [0.1, 0.15) is 11.9 Å². The molecule has 6 heteroatoms. The Balaban J connectivity index is 1.45. The molecule has 1 aliphatic carbocycles. The first-order valence-electron chi connectivity index (χ1n) is 11.5. The highest BCUT2D eigenvalue weighted by atomic mass is 19.1. The maximum atomic E-state index is 13.5. The predicted molar refractivity (Wildman–Crippen MR) is 121 cm³/mol. The fourth-order valence-electron chi connectivity index (χ4n) is 5.06. The topological polar surface area (TPSA) is 67.6 Å². The Morgan fingerprint density at radius 2 is 1.84 bits per heavy atom. The van der Waals surface area contributed by atoms with Crippen molar-refractivity contribution in [1.82, 2.24) is 4.90 Å². The molecule has 0 unspecified atom stereocenters. The van der Waals surface area contributed by atoms with Crippen LogP contribution in [0.4, 0.5) is 10.1 Å². The first kappa shape index (κ1) is 22.3. The summed E-state index contributed by atoms with van der Waals surface area (Å²) in [7, 11) is 0. The van der Waals surface area contributed by atoms with E-state index in [1.54, 1.807) is 6.07 Å². The molecule has 0 aromatic heterocycles. The normalized spacial score (nSPS) is 18.3. The van der Waals surface area contributed by atoms with Gasteiger partial charge in [-0.25, -0.2) is 4.39 Å². The predicted octanol–water partition coefficient (Wildman–Crippen LogP) is 4.25. The molecular formula is C26H30FN3O2. The third-order valence-corrected chi connectivity index (χ3v) is 6.81. The number of hydrogen-bond donors (Lipinski definition) is 1. The van der Waals surface area contributed by atoms with Gasteiger partial charge in [-0.3, -0.25) is 4.79 Å². The molecule has 2 aliphatic rings. The smallest absolute Gasteiger partial charge is 0.226 e. The van der Waals surface area contributed by atoms with Crippen LogP contribution < -0.4 is 4.90 Å². The van der Waals surface area contributed by atoms with E-state index in [1.165, 1.54) is 12.1 Å². The molecule has 4 rings (SSSR count). The van der Waals surface area contributed by atoms with Crippen LogP contribution in [0.2, 0.25) is 0 Å². The Hall–Kier alpha value is -2.91. The number of piperidine rings is 1. The second-order valence-corrected chi connectivity index (χ2v) is 9.15. The number of carbonyl (C=O) groups excluding carboxylic acids is 1. The van der Waals surface area contributed by atoms with Crippen molar-refractivity contribution in [3.05, 3.63) is 65.5 Å². The molecule has 1 heterocycles. The van der Waals surface area contributed by atoms with E-state index in [1.807, 2.05) is 35.2 Å². The first-order chi connectivity index (χ1) is 15.5. The summed E-state index contributed by atoms with van der Waals surface area (Å²) in [6.07, 6.45) is 4.83. The van der Waals surface area contributed by atoms with Gasteiger partial charge in [0.05, 0.1) is 16.9 Å². The number of carbonyl (C=O) groups is 1. The third kappa shape index (κ3) is 5.11. The average Bonchev–Trinajstić information content (AvgIpc) is 3.25. The van der Waals surface area contributed by atoms with E-state index in [4.69, 9.17) is 0 Å². The maximum Gasteiger partial charge on any atom is 0.226 e. The number of anilines is 1. The molecule has 0 spiro atoms. The lowest BCUT2D eigenvalue weighted by atomic mass is 9.93. The van der Waals surface area contributed by atoms with Crippen LogP contribution in [-0.2, 0) is 11.3 Å². The molecule has 2 aromatic rings. The van der Waals surface area contributed by atoms with Crippen molar-refractivity contribution >= 4 is 11.6 Å². The quantitative estimate of drug-likeness (QED) is 0.737. The number of nitrogens with zero attached hydrogens (tertiary/aromatic N) is 3. The lowest BCUT2D eigenvalue weighted by Gasteiger charge is -2.38. The van der Waals surface area contributed by atoms with Gasteiger partial charge in [0.15, 0.2) is 0 Å².